The molecule has 0 radical (unpaired) electrons. The zero-order valence-corrected chi connectivity index (χ0v) is 16.1. The van der Waals surface area contributed by atoms with Gasteiger partial charge in [-0.05, 0) is 68.2 Å². The smallest absolute Gasteiger partial charge is 0.0969 e. The number of nitrogens with zero attached hydrogens (tertiary/aromatic N) is 3. The third-order valence-electron chi connectivity index (χ3n) is 6.49. The van der Waals surface area contributed by atoms with Crippen molar-refractivity contribution in [2.45, 2.75) is 38.5 Å². The van der Waals surface area contributed by atoms with Gasteiger partial charge in [0.1, 0.15) is 0 Å². The molecule has 1 saturated carbocycles. The summed E-state index contributed by atoms with van der Waals surface area (Å²) in [4.78, 5) is 12.4. The van der Waals surface area contributed by atoms with Crippen molar-refractivity contribution < 1.29 is 0 Å². The highest BCUT2D eigenvalue weighted by Crippen LogP contribution is 2.47. The lowest BCUT2D eigenvalue weighted by Gasteiger charge is -2.17. The van der Waals surface area contributed by atoms with Crippen molar-refractivity contribution in [2.24, 2.45) is 22.7 Å². The van der Waals surface area contributed by atoms with Gasteiger partial charge in [0.15, 0.2) is 0 Å². The average molecular weight is 354 g/mol. The van der Waals surface area contributed by atoms with Gasteiger partial charge in [-0.1, -0.05) is 13.0 Å². The largest absolute Gasteiger partial charge is 0.306 e. The standard InChI is InChI=1S/C21H27N3S/c1-13-3-5-18(22-10-13)14-4-6-20-19(9-14)23-21(25-20)15-7-16-11-24(2)12-17(16)8-15/h4,6,9,13,15-17H,3,5,7-8,10-12H2,1-2H3/t13-,15-,16+,17-/m0/s1. The van der Waals surface area contributed by atoms with E-state index in [-0.39, 0.29) is 0 Å². The normalized spacial score (nSPS) is 33.0. The summed E-state index contributed by atoms with van der Waals surface area (Å²) in [6.45, 7) is 5.85. The Kier molecular flexibility index (Phi) is 3.94. The van der Waals surface area contributed by atoms with Gasteiger partial charge in [-0.25, -0.2) is 4.98 Å². The SMILES string of the molecule is C[C@H]1CCC(c2ccc3sc([C@H]4C[C@@H]5CN(C)C[C@@H]5C4)nc3c2)=NC1. The number of thiazole rings is 1. The Morgan fingerprint density at radius 2 is 1.96 bits per heavy atom. The van der Waals surface area contributed by atoms with Gasteiger partial charge in [0, 0.05) is 31.3 Å². The van der Waals surface area contributed by atoms with Crippen molar-refractivity contribution in [1.29, 1.82) is 0 Å². The number of likely N-dealkylation sites (tertiary alicyclic amines) is 1. The van der Waals surface area contributed by atoms with Crippen molar-refractivity contribution in [3.8, 4) is 0 Å². The molecule has 4 atom stereocenters. The van der Waals surface area contributed by atoms with E-state index in [9.17, 15) is 0 Å². The van der Waals surface area contributed by atoms with Crippen LogP contribution in [0.1, 0.15) is 49.1 Å². The molecule has 2 fully saturated rings. The van der Waals surface area contributed by atoms with Crippen molar-refractivity contribution in [2.75, 3.05) is 26.7 Å². The highest BCUT2D eigenvalue weighted by Gasteiger charge is 2.41. The molecule has 3 heterocycles. The molecule has 2 aliphatic heterocycles. The molecule has 1 aromatic heterocycles. The van der Waals surface area contributed by atoms with Gasteiger partial charge in [0.05, 0.1) is 15.2 Å². The highest BCUT2D eigenvalue weighted by atomic mass is 32.1. The zero-order valence-electron chi connectivity index (χ0n) is 15.2. The summed E-state index contributed by atoms with van der Waals surface area (Å²) in [5, 5.41) is 1.38. The van der Waals surface area contributed by atoms with Crippen LogP contribution < -0.4 is 0 Å². The third kappa shape index (κ3) is 2.93. The molecule has 0 unspecified atom stereocenters. The molecule has 25 heavy (non-hydrogen) atoms. The second kappa shape index (κ2) is 6.17. The summed E-state index contributed by atoms with van der Waals surface area (Å²) in [6, 6.07) is 6.82. The first-order valence-corrected chi connectivity index (χ1v) is 10.6. The summed E-state index contributed by atoms with van der Waals surface area (Å²) < 4.78 is 1.35. The monoisotopic (exact) mass is 353 g/mol. The van der Waals surface area contributed by atoms with E-state index in [1.165, 1.54) is 58.9 Å². The van der Waals surface area contributed by atoms with Gasteiger partial charge in [0.2, 0.25) is 0 Å². The molecular formula is C21H27N3S. The van der Waals surface area contributed by atoms with Gasteiger partial charge in [-0.2, -0.15) is 0 Å². The fourth-order valence-electron chi connectivity index (χ4n) is 5.09. The van der Waals surface area contributed by atoms with Gasteiger partial charge in [-0.15, -0.1) is 11.3 Å². The van der Waals surface area contributed by atoms with E-state index in [0.29, 0.717) is 5.92 Å². The molecule has 4 heteroatoms. The number of hydrogen-bond donors (Lipinski definition) is 0. The van der Waals surface area contributed by atoms with E-state index in [1.54, 1.807) is 0 Å². The molecule has 1 aliphatic carbocycles. The Morgan fingerprint density at radius 1 is 1.16 bits per heavy atom. The number of hydrogen-bond acceptors (Lipinski definition) is 4. The second-order valence-corrected chi connectivity index (χ2v) is 9.64. The van der Waals surface area contributed by atoms with Crippen LogP contribution in [-0.4, -0.2) is 42.3 Å². The predicted molar refractivity (Wildman–Crippen MR) is 106 cm³/mol. The van der Waals surface area contributed by atoms with Crippen LogP contribution >= 0.6 is 11.3 Å². The van der Waals surface area contributed by atoms with Crippen molar-refractivity contribution in [1.82, 2.24) is 9.88 Å². The minimum Gasteiger partial charge on any atom is -0.306 e. The molecule has 2 aromatic rings. The van der Waals surface area contributed by atoms with E-state index in [0.717, 1.165) is 30.7 Å². The molecule has 132 valence electrons. The number of aromatic nitrogens is 1. The van der Waals surface area contributed by atoms with Crippen molar-refractivity contribution >= 4 is 27.3 Å². The van der Waals surface area contributed by atoms with E-state index >= 15 is 0 Å². The molecule has 0 N–H and O–H groups in total. The zero-order chi connectivity index (χ0) is 17.0. The van der Waals surface area contributed by atoms with Crippen molar-refractivity contribution in [3.05, 3.63) is 28.8 Å². The number of rotatable bonds is 2. The fraction of sp³-hybridized carbons (Fsp3) is 0.619. The lowest BCUT2D eigenvalue weighted by Crippen LogP contribution is -2.16. The molecule has 0 spiro atoms. The molecule has 1 aromatic carbocycles. The Labute approximate surface area is 154 Å². The second-order valence-electron chi connectivity index (χ2n) is 8.58. The summed E-state index contributed by atoms with van der Waals surface area (Å²) in [5.41, 5.74) is 3.77. The van der Waals surface area contributed by atoms with Crippen LogP contribution in [0.15, 0.2) is 23.2 Å². The van der Waals surface area contributed by atoms with Crippen LogP contribution in [0.5, 0.6) is 0 Å². The van der Waals surface area contributed by atoms with E-state index < -0.39 is 0 Å². The Balaban J connectivity index is 1.39. The maximum atomic E-state index is 5.06. The van der Waals surface area contributed by atoms with Gasteiger partial charge in [0.25, 0.3) is 0 Å². The first kappa shape index (κ1) is 16.0. The lowest BCUT2D eigenvalue weighted by molar-refractivity contribution is 0.371. The van der Waals surface area contributed by atoms with Crippen molar-refractivity contribution in [3.63, 3.8) is 0 Å². The number of benzene rings is 1. The molecule has 0 bridgehead atoms. The van der Waals surface area contributed by atoms with Gasteiger partial charge >= 0.3 is 0 Å². The van der Waals surface area contributed by atoms with E-state index in [4.69, 9.17) is 9.98 Å². The molecule has 0 amide bonds. The third-order valence-corrected chi connectivity index (χ3v) is 7.69. The molecule has 3 aliphatic rings. The summed E-state index contributed by atoms with van der Waals surface area (Å²) in [7, 11) is 2.27. The Morgan fingerprint density at radius 3 is 2.68 bits per heavy atom. The summed E-state index contributed by atoms with van der Waals surface area (Å²) in [5.74, 6) is 3.23. The minimum atomic E-state index is 0.692. The van der Waals surface area contributed by atoms with Crippen LogP contribution in [0, 0.1) is 17.8 Å². The number of fused-ring (bicyclic) bond motifs is 2. The predicted octanol–water partition coefficient (Wildman–Crippen LogP) is 4.57. The molecule has 5 rings (SSSR count). The quantitative estimate of drug-likeness (QED) is 0.791. The Hall–Kier alpha value is -1.26. The Bertz CT molecular complexity index is 810. The molecule has 1 saturated heterocycles. The first-order valence-electron chi connectivity index (χ1n) is 9.78. The van der Waals surface area contributed by atoms with Crippen LogP contribution in [0.4, 0.5) is 0 Å². The summed E-state index contributed by atoms with van der Waals surface area (Å²) in [6.07, 6.45) is 5.06. The highest BCUT2D eigenvalue weighted by molar-refractivity contribution is 7.18. The fourth-order valence-corrected chi connectivity index (χ4v) is 6.16. The van der Waals surface area contributed by atoms with Crippen LogP contribution in [0.2, 0.25) is 0 Å². The molecule has 3 nitrogen and oxygen atoms in total. The van der Waals surface area contributed by atoms with Gasteiger partial charge in [-0.3, -0.25) is 4.99 Å². The lowest BCUT2D eigenvalue weighted by atomic mass is 9.96. The maximum absolute atomic E-state index is 5.06. The molecular weight excluding hydrogens is 326 g/mol. The van der Waals surface area contributed by atoms with Crippen LogP contribution in [0.3, 0.4) is 0 Å². The average Bonchev–Trinajstić information content (AvgIpc) is 3.26. The van der Waals surface area contributed by atoms with E-state index in [1.807, 2.05) is 11.3 Å². The van der Waals surface area contributed by atoms with Gasteiger partial charge < -0.3 is 4.90 Å². The number of aliphatic imine (C=N–C) groups is 1. The van der Waals surface area contributed by atoms with Crippen LogP contribution in [-0.2, 0) is 0 Å². The topological polar surface area (TPSA) is 28.5 Å². The first-order chi connectivity index (χ1) is 12.2. The minimum absolute atomic E-state index is 0.692. The van der Waals surface area contributed by atoms with Crippen LogP contribution in [0.25, 0.3) is 10.2 Å². The maximum Gasteiger partial charge on any atom is 0.0969 e. The summed E-state index contributed by atoms with van der Waals surface area (Å²) >= 11 is 1.93. The van der Waals surface area contributed by atoms with E-state index in [2.05, 4.69) is 37.1 Å².